The lowest BCUT2D eigenvalue weighted by atomic mass is 9.93. The highest BCUT2D eigenvalue weighted by molar-refractivity contribution is 6.37. The van der Waals surface area contributed by atoms with E-state index < -0.39 is 0 Å². The highest BCUT2D eigenvalue weighted by atomic mass is 16.6. The SMILES string of the molecule is Bc1ccc2c(oc3ccccc32)c1[N+](=O)[O-]. The predicted octanol–water partition coefficient (Wildman–Crippen LogP) is 1.75. The summed E-state index contributed by atoms with van der Waals surface area (Å²) in [5.74, 6) is 0. The smallest absolute Gasteiger partial charge is 0.305 e. The number of para-hydroxylation sites is 1. The van der Waals surface area contributed by atoms with Crippen molar-refractivity contribution in [1.29, 1.82) is 0 Å². The van der Waals surface area contributed by atoms with E-state index in [1.165, 1.54) is 0 Å². The molecule has 17 heavy (non-hydrogen) atoms. The van der Waals surface area contributed by atoms with Crippen LogP contribution in [0.4, 0.5) is 5.69 Å². The van der Waals surface area contributed by atoms with Gasteiger partial charge in [0.05, 0.1) is 4.92 Å². The van der Waals surface area contributed by atoms with Gasteiger partial charge in [0.1, 0.15) is 13.4 Å². The van der Waals surface area contributed by atoms with Crippen LogP contribution < -0.4 is 5.46 Å². The molecule has 0 spiro atoms. The van der Waals surface area contributed by atoms with Crippen molar-refractivity contribution in [3.8, 4) is 0 Å². The van der Waals surface area contributed by atoms with Crippen LogP contribution in [0, 0.1) is 10.1 Å². The van der Waals surface area contributed by atoms with E-state index in [2.05, 4.69) is 0 Å². The number of nitrogens with zero attached hydrogens (tertiary/aromatic N) is 1. The topological polar surface area (TPSA) is 56.3 Å². The summed E-state index contributed by atoms with van der Waals surface area (Å²) in [5.41, 5.74) is 1.70. The molecule has 1 heterocycles. The van der Waals surface area contributed by atoms with Crippen LogP contribution in [0.5, 0.6) is 0 Å². The molecule has 2 aromatic carbocycles. The summed E-state index contributed by atoms with van der Waals surface area (Å²) in [4.78, 5) is 10.7. The van der Waals surface area contributed by atoms with Gasteiger partial charge in [-0.1, -0.05) is 30.3 Å². The molecule has 0 aliphatic rings. The van der Waals surface area contributed by atoms with E-state index in [0.29, 0.717) is 16.6 Å². The van der Waals surface area contributed by atoms with E-state index in [4.69, 9.17) is 4.42 Å². The van der Waals surface area contributed by atoms with Crippen molar-refractivity contribution in [2.24, 2.45) is 0 Å². The van der Waals surface area contributed by atoms with Crippen LogP contribution in [0.1, 0.15) is 0 Å². The summed E-state index contributed by atoms with van der Waals surface area (Å²) in [6.07, 6.45) is 0. The maximum absolute atomic E-state index is 11.1. The molecule has 4 nitrogen and oxygen atoms in total. The zero-order valence-electron chi connectivity index (χ0n) is 9.14. The largest absolute Gasteiger partial charge is 0.449 e. The van der Waals surface area contributed by atoms with Gasteiger partial charge in [-0.15, -0.1) is 0 Å². The van der Waals surface area contributed by atoms with Gasteiger partial charge in [-0.2, -0.15) is 0 Å². The van der Waals surface area contributed by atoms with E-state index in [0.717, 1.165) is 10.8 Å². The second-order valence-electron chi connectivity index (χ2n) is 3.96. The second-order valence-corrected chi connectivity index (χ2v) is 3.96. The minimum absolute atomic E-state index is 0.0544. The number of nitro benzene ring substituents is 1. The van der Waals surface area contributed by atoms with Gasteiger partial charge in [0.25, 0.3) is 0 Å². The zero-order valence-corrected chi connectivity index (χ0v) is 9.14. The minimum Gasteiger partial charge on any atom is -0.449 e. The number of fused-ring (bicyclic) bond motifs is 3. The van der Waals surface area contributed by atoms with Crippen LogP contribution in [0.25, 0.3) is 21.9 Å². The predicted molar refractivity (Wildman–Crippen MR) is 68.6 cm³/mol. The average Bonchev–Trinajstić information content (AvgIpc) is 2.66. The maximum Gasteiger partial charge on any atom is 0.305 e. The van der Waals surface area contributed by atoms with Gasteiger partial charge in [-0.05, 0) is 11.5 Å². The summed E-state index contributed by atoms with van der Waals surface area (Å²) in [5, 5.41) is 12.8. The number of nitro groups is 1. The summed E-state index contributed by atoms with van der Waals surface area (Å²) in [7, 11) is 1.71. The quantitative estimate of drug-likeness (QED) is 0.360. The lowest BCUT2D eigenvalue weighted by Gasteiger charge is -1.96. The van der Waals surface area contributed by atoms with Crippen molar-refractivity contribution in [2.75, 3.05) is 0 Å². The van der Waals surface area contributed by atoms with E-state index in [-0.39, 0.29) is 10.6 Å². The van der Waals surface area contributed by atoms with E-state index >= 15 is 0 Å². The lowest BCUT2D eigenvalue weighted by molar-refractivity contribution is -0.382. The van der Waals surface area contributed by atoms with E-state index in [1.54, 1.807) is 13.9 Å². The first-order valence-electron chi connectivity index (χ1n) is 5.24. The fraction of sp³-hybridized carbons (Fsp3) is 0. The molecule has 3 rings (SSSR count). The number of furan rings is 1. The second kappa shape index (κ2) is 3.35. The third-order valence-corrected chi connectivity index (χ3v) is 2.91. The van der Waals surface area contributed by atoms with Gasteiger partial charge in [0.2, 0.25) is 5.58 Å². The number of hydrogen-bond acceptors (Lipinski definition) is 3. The Morgan fingerprint density at radius 1 is 1.12 bits per heavy atom. The Morgan fingerprint density at radius 2 is 1.88 bits per heavy atom. The molecule has 0 bridgehead atoms. The van der Waals surface area contributed by atoms with Gasteiger partial charge >= 0.3 is 5.69 Å². The molecular weight excluding hydrogens is 217 g/mol. The zero-order chi connectivity index (χ0) is 12.0. The third kappa shape index (κ3) is 1.32. The fourth-order valence-electron chi connectivity index (χ4n) is 2.10. The molecule has 0 N–H and O–H groups in total. The van der Waals surface area contributed by atoms with Gasteiger partial charge < -0.3 is 4.42 Å². The summed E-state index contributed by atoms with van der Waals surface area (Å²) >= 11 is 0. The molecule has 0 saturated heterocycles. The molecule has 3 aromatic rings. The molecule has 0 aliphatic heterocycles. The lowest BCUT2D eigenvalue weighted by Crippen LogP contribution is -2.08. The van der Waals surface area contributed by atoms with Crippen LogP contribution in [-0.4, -0.2) is 12.8 Å². The maximum atomic E-state index is 11.1. The molecule has 0 amide bonds. The van der Waals surface area contributed by atoms with Gasteiger partial charge in [-0.25, -0.2) is 0 Å². The molecule has 0 radical (unpaired) electrons. The number of hydrogen-bond donors (Lipinski definition) is 0. The first kappa shape index (κ1) is 9.90. The Kier molecular flexibility index (Phi) is 1.95. The molecule has 1 aromatic heterocycles. The van der Waals surface area contributed by atoms with Crippen molar-refractivity contribution < 1.29 is 9.34 Å². The molecule has 0 unspecified atom stereocenters. The monoisotopic (exact) mass is 225 g/mol. The third-order valence-electron chi connectivity index (χ3n) is 2.91. The number of benzene rings is 2. The van der Waals surface area contributed by atoms with Crippen LogP contribution >= 0.6 is 0 Å². The molecular formula is C12H8BNO3. The standard InChI is InChI=1S/C12H8BNO3/c13-9-6-5-8-7-3-1-2-4-10(7)17-12(8)11(9)14(15)16/h1-6H,13H2. The summed E-state index contributed by atoms with van der Waals surface area (Å²) in [6.45, 7) is 0. The van der Waals surface area contributed by atoms with E-state index in [9.17, 15) is 10.1 Å². The van der Waals surface area contributed by atoms with Gasteiger partial charge in [-0.3, -0.25) is 10.1 Å². The van der Waals surface area contributed by atoms with Gasteiger partial charge in [0.15, 0.2) is 0 Å². The molecule has 0 aliphatic carbocycles. The molecule has 0 atom stereocenters. The van der Waals surface area contributed by atoms with Crippen molar-refractivity contribution in [3.05, 3.63) is 46.5 Å². The Bertz CT molecular complexity index is 748. The Morgan fingerprint density at radius 3 is 2.65 bits per heavy atom. The first-order valence-corrected chi connectivity index (χ1v) is 5.24. The Hall–Kier alpha value is -2.30. The van der Waals surface area contributed by atoms with Crippen LogP contribution in [0.2, 0.25) is 0 Å². The minimum atomic E-state index is -0.389. The van der Waals surface area contributed by atoms with Crippen LogP contribution in [0.3, 0.4) is 0 Å². The van der Waals surface area contributed by atoms with Crippen molar-refractivity contribution >= 4 is 40.9 Å². The summed E-state index contributed by atoms with van der Waals surface area (Å²) in [6, 6.07) is 11.1. The number of rotatable bonds is 1. The van der Waals surface area contributed by atoms with Crippen LogP contribution in [-0.2, 0) is 0 Å². The van der Waals surface area contributed by atoms with Crippen molar-refractivity contribution in [3.63, 3.8) is 0 Å². The average molecular weight is 225 g/mol. The highest BCUT2D eigenvalue weighted by Crippen LogP contribution is 2.32. The Labute approximate surface area is 97.4 Å². The van der Waals surface area contributed by atoms with Gasteiger partial charge in [0, 0.05) is 10.8 Å². The molecule has 5 heteroatoms. The van der Waals surface area contributed by atoms with Crippen LogP contribution in [0.15, 0.2) is 40.8 Å². The Balaban J connectivity index is 2.56. The molecule has 0 fully saturated rings. The van der Waals surface area contributed by atoms with Crippen molar-refractivity contribution in [2.45, 2.75) is 0 Å². The summed E-state index contributed by atoms with van der Waals surface area (Å²) < 4.78 is 5.58. The van der Waals surface area contributed by atoms with E-state index in [1.807, 2.05) is 30.3 Å². The molecule has 82 valence electrons. The van der Waals surface area contributed by atoms with Crippen molar-refractivity contribution in [1.82, 2.24) is 0 Å². The fourth-order valence-corrected chi connectivity index (χ4v) is 2.10. The highest BCUT2D eigenvalue weighted by Gasteiger charge is 2.20. The molecule has 0 saturated carbocycles. The normalized spacial score (nSPS) is 11.1. The first-order chi connectivity index (χ1) is 8.18.